The van der Waals surface area contributed by atoms with Gasteiger partial charge in [-0.15, -0.1) is 0 Å². The number of unbranched alkanes of at least 4 members (excludes halogenated alkanes) is 2. The van der Waals surface area contributed by atoms with Gasteiger partial charge in [0.05, 0.1) is 0 Å². The van der Waals surface area contributed by atoms with Crippen molar-refractivity contribution in [1.29, 1.82) is 0 Å². The lowest BCUT2D eigenvalue weighted by atomic mass is 9.98. The number of hydrogen-bond donors (Lipinski definition) is 1. The number of ether oxygens (including phenoxy) is 3. The van der Waals surface area contributed by atoms with E-state index in [-0.39, 0.29) is 25.1 Å². The van der Waals surface area contributed by atoms with Crippen molar-refractivity contribution in [1.82, 2.24) is 5.32 Å². The third-order valence-electron chi connectivity index (χ3n) is 6.94. The molecule has 1 aliphatic rings. The first-order valence-corrected chi connectivity index (χ1v) is 14.2. The molecule has 0 fully saturated rings. The highest BCUT2D eigenvalue weighted by Crippen LogP contribution is 2.44. The highest BCUT2D eigenvalue weighted by atomic mass is 16.6. The first kappa shape index (κ1) is 29.8. The smallest absolute Gasteiger partial charge is 0.407 e. The van der Waals surface area contributed by atoms with Crippen LogP contribution in [0.3, 0.4) is 0 Å². The first-order chi connectivity index (χ1) is 19.7. The Morgan fingerprint density at radius 1 is 0.780 bits per heavy atom. The molecule has 216 valence electrons. The van der Waals surface area contributed by atoms with Crippen LogP contribution in [0.4, 0.5) is 4.79 Å². The van der Waals surface area contributed by atoms with Crippen LogP contribution in [0.2, 0.25) is 0 Å². The average Bonchev–Trinajstić information content (AvgIpc) is 3.27. The molecule has 41 heavy (non-hydrogen) atoms. The van der Waals surface area contributed by atoms with Crippen LogP contribution in [0.15, 0.2) is 78.9 Å². The number of hydrogen-bond acceptors (Lipinski definition) is 6. The molecule has 3 aromatic carbocycles. The standard InChI is InChI=1S/C34H39NO6/c1-34(2,3)41-31(36)21-9-5-8-20-30(32(37)39-22-24-14-6-4-7-15-24)35-33(38)40-23-29-27-18-12-10-16-25(27)26-17-11-13-19-28(26)29/h4,6-7,10-19,29-30H,5,8-9,20-23H2,1-3H3,(H,35,38)/t30-/m0/s1. The maximum Gasteiger partial charge on any atom is 0.407 e. The van der Waals surface area contributed by atoms with Crippen molar-refractivity contribution >= 4 is 18.0 Å². The topological polar surface area (TPSA) is 90.9 Å². The molecule has 0 spiro atoms. The van der Waals surface area contributed by atoms with Crippen molar-refractivity contribution < 1.29 is 28.6 Å². The lowest BCUT2D eigenvalue weighted by Crippen LogP contribution is -2.42. The Morgan fingerprint density at radius 3 is 2.02 bits per heavy atom. The Hall–Kier alpha value is -4.13. The van der Waals surface area contributed by atoms with Crippen molar-refractivity contribution in [2.45, 2.75) is 77.0 Å². The van der Waals surface area contributed by atoms with Crippen LogP contribution >= 0.6 is 0 Å². The number of rotatable bonds is 12. The van der Waals surface area contributed by atoms with Gasteiger partial charge in [-0.1, -0.05) is 91.7 Å². The third-order valence-corrected chi connectivity index (χ3v) is 6.94. The molecule has 7 nitrogen and oxygen atoms in total. The van der Waals surface area contributed by atoms with Gasteiger partial charge in [0.15, 0.2) is 0 Å². The summed E-state index contributed by atoms with van der Waals surface area (Å²) in [5.41, 5.74) is 4.86. The summed E-state index contributed by atoms with van der Waals surface area (Å²) in [4.78, 5) is 37.9. The molecule has 0 bridgehead atoms. The largest absolute Gasteiger partial charge is 0.460 e. The molecule has 1 N–H and O–H groups in total. The summed E-state index contributed by atoms with van der Waals surface area (Å²) in [5, 5.41) is 2.73. The van der Waals surface area contributed by atoms with Gasteiger partial charge < -0.3 is 19.5 Å². The molecule has 1 amide bonds. The molecule has 4 rings (SSSR count). The minimum absolute atomic E-state index is 0.0792. The molecule has 0 radical (unpaired) electrons. The van der Waals surface area contributed by atoms with Crippen molar-refractivity contribution in [3.8, 4) is 11.1 Å². The van der Waals surface area contributed by atoms with Crippen LogP contribution in [0.5, 0.6) is 0 Å². The van der Waals surface area contributed by atoms with Gasteiger partial charge in [-0.3, -0.25) is 4.79 Å². The van der Waals surface area contributed by atoms with Crippen molar-refractivity contribution in [3.63, 3.8) is 0 Å². The molecule has 3 aromatic rings. The minimum Gasteiger partial charge on any atom is -0.460 e. The van der Waals surface area contributed by atoms with Crippen LogP contribution in [-0.4, -0.2) is 36.3 Å². The molecule has 0 aliphatic heterocycles. The van der Waals surface area contributed by atoms with Gasteiger partial charge in [0, 0.05) is 12.3 Å². The van der Waals surface area contributed by atoms with Gasteiger partial charge in [0.2, 0.25) is 0 Å². The molecule has 7 heteroatoms. The van der Waals surface area contributed by atoms with E-state index in [4.69, 9.17) is 14.2 Å². The van der Waals surface area contributed by atoms with Gasteiger partial charge in [0.25, 0.3) is 0 Å². The van der Waals surface area contributed by atoms with E-state index in [1.807, 2.05) is 75.4 Å². The predicted molar refractivity (Wildman–Crippen MR) is 157 cm³/mol. The molecule has 1 atom stereocenters. The summed E-state index contributed by atoms with van der Waals surface area (Å²) in [6.45, 7) is 5.78. The summed E-state index contributed by atoms with van der Waals surface area (Å²) in [7, 11) is 0. The van der Waals surface area contributed by atoms with E-state index in [0.29, 0.717) is 32.1 Å². The normalized spacial score (nSPS) is 13.0. The zero-order valence-corrected chi connectivity index (χ0v) is 24.1. The van der Waals surface area contributed by atoms with Crippen molar-refractivity contribution in [2.24, 2.45) is 0 Å². The monoisotopic (exact) mass is 557 g/mol. The quantitative estimate of drug-likeness (QED) is 0.148. The van der Waals surface area contributed by atoms with Crippen LogP contribution in [0, 0.1) is 0 Å². The Morgan fingerprint density at radius 2 is 1.39 bits per heavy atom. The lowest BCUT2D eigenvalue weighted by Gasteiger charge is -2.20. The number of fused-ring (bicyclic) bond motifs is 3. The molecular formula is C34H39NO6. The van der Waals surface area contributed by atoms with Gasteiger partial charge in [-0.2, -0.15) is 0 Å². The van der Waals surface area contributed by atoms with E-state index in [1.54, 1.807) is 0 Å². The number of carbonyl (C=O) groups is 3. The summed E-state index contributed by atoms with van der Waals surface area (Å²) < 4.78 is 16.6. The Bertz CT molecular complexity index is 1280. The molecule has 0 unspecified atom stereocenters. The molecular weight excluding hydrogens is 518 g/mol. The maximum absolute atomic E-state index is 13.0. The molecule has 1 aliphatic carbocycles. The number of alkyl carbamates (subject to hydrolysis) is 1. The van der Waals surface area contributed by atoms with E-state index >= 15 is 0 Å². The zero-order valence-electron chi connectivity index (χ0n) is 24.1. The summed E-state index contributed by atoms with van der Waals surface area (Å²) in [6.07, 6.45) is 1.96. The Balaban J connectivity index is 1.32. The van der Waals surface area contributed by atoms with E-state index in [0.717, 1.165) is 27.8 Å². The van der Waals surface area contributed by atoms with Crippen LogP contribution in [0.1, 0.15) is 75.5 Å². The number of nitrogens with one attached hydrogen (secondary N) is 1. The minimum atomic E-state index is -0.865. The van der Waals surface area contributed by atoms with E-state index in [2.05, 4.69) is 29.6 Å². The zero-order chi connectivity index (χ0) is 29.2. The van der Waals surface area contributed by atoms with Gasteiger partial charge in [0.1, 0.15) is 24.9 Å². The maximum atomic E-state index is 13.0. The second-order valence-electron chi connectivity index (χ2n) is 11.3. The van der Waals surface area contributed by atoms with Crippen molar-refractivity contribution in [3.05, 3.63) is 95.6 Å². The fourth-order valence-corrected chi connectivity index (χ4v) is 5.05. The van der Waals surface area contributed by atoms with Crippen LogP contribution in [-0.2, 0) is 30.4 Å². The lowest BCUT2D eigenvalue weighted by molar-refractivity contribution is -0.155. The SMILES string of the molecule is CC(C)(C)OC(=O)CCCCC[C@H](NC(=O)OCC1c2ccccc2-c2ccccc21)C(=O)OCc1ccccc1. The first-order valence-electron chi connectivity index (χ1n) is 14.2. The third kappa shape index (κ3) is 8.68. The molecule has 0 heterocycles. The van der Waals surface area contributed by atoms with E-state index in [9.17, 15) is 14.4 Å². The summed E-state index contributed by atoms with van der Waals surface area (Å²) in [6, 6.07) is 24.8. The van der Waals surface area contributed by atoms with Gasteiger partial charge in [-0.05, 0) is 61.4 Å². The number of esters is 2. The average molecular weight is 558 g/mol. The summed E-state index contributed by atoms with van der Waals surface area (Å²) >= 11 is 0. The highest BCUT2D eigenvalue weighted by Gasteiger charge is 2.30. The van der Waals surface area contributed by atoms with E-state index < -0.39 is 23.7 Å². The van der Waals surface area contributed by atoms with Crippen molar-refractivity contribution in [2.75, 3.05) is 6.61 Å². The van der Waals surface area contributed by atoms with Gasteiger partial charge in [-0.25, -0.2) is 9.59 Å². The molecule has 0 aromatic heterocycles. The fourth-order valence-electron chi connectivity index (χ4n) is 5.05. The Kier molecular flexibility index (Phi) is 10.2. The van der Waals surface area contributed by atoms with E-state index in [1.165, 1.54) is 0 Å². The second kappa shape index (κ2) is 14.0. The van der Waals surface area contributed by atoms with Crippen LogP contribution < -0.4 is 5.32 Å². The Labute approximate surface area is 242 Å². The molecule has 0 saturated heterocycles. The van der Waals surface area contributed by atoms with Gasteiger partial charge >= 0.3 is 18.0 Å². The number of amides is 1. The molecule has 0 saturated carbocycles. The second-order valence-corrected chi connectivity index (χ2v) is 11.3. The van der Waals surface area contributed by atoms with Crippen LogP contribution in [0.25, 0.3) is 11.1 Å². The number of benzene rings is 3. The fraction of sp³-hybridized carbons (Fsp3) is 0.382. The summed E-state index contributed by atoms with van der Waals surface area (Å²) in [5.74, 6) is -0.841. The number of carbonyl (C=O) groups excluding carboxylic acids is 3. The highest BCUT2D eigenvalue weighted by molar-refractivity contribution is 5.82. The predicted octanol–water partition coefficient (Wildman–Crippen LogP) is 6.93.